The van der Waals surface area contributed by atoms with Gasteiger partial charge in [0.25, 0.3) is 0 Å². The van der Waals surface area contributed by atoms with Gasteiger partial charge in [0.2, 0.25) is 0 Å². The van der Waals surface area contributed by atoms with E-state index in [-0.39, 0.29) is 12.8 Å². The normalized spacial score (nSPS) is 10.1. The first-order valence-corrected chi connectivity index (χ1v) is 5.29. The monoisotopic (exact) mass is 237 g/mol. The van der Waals surface area contributed by atoms with E-state index >= 15 is 0 Å². The summed E-state index contributed by atoms with van der Waals surface area (Å²) in [7, 11) is 0. The first-order valence-electron chi connectivity index (χ1n) is 5.29. The van der Waals surface area contributed by atoms with Crippen molar-refractivity contribution in [2.75, 3.05) is 5.73 Å². The Labute approximate surface area is 98.9 Å². The maximum Gasteiger partial charge on any atom is 0.303 e. The summed E-state index contributed by atoms with van der Waals surface area (Å²) < 4.78 is 0. The minimum absolute atomic E-state index is 0.0435. The molecule has 0 fully saturated rings. The second-order valence-corrected chi connectivity index (χ2v) is 3.87. The van der Waals surface area contributed by atoms with Crippen LogP contribution < -0.4 is 5.73 Å². The van der Waals surface area contributed by atoms with Crippen molar-refractivity contribution >= 4 is 17.6 Å². The molecule has 1 aromatic carbocycles. The summed E-state index contributed by atoms with van der Waals surface area (Å²) in [4.78, 5) is 20.9. The van der Waals surface area contributed by atoms with E-state index in [0.717, 1.165) is 11.1 Å². The predicted octanol–water partition coefficient (Wildman–Crippen LogP) is 1.30. The molecule has 0 amide bonds. The van der Waals surface area contributed by atoms with Gasteiger partial charge in [-0.15, -0.1) is 0 Å². The lowest BCUT2D eigenvalue weighted by atomic mass is 10.0. The third-order valence-corrected chi connectivity index (χ3v) is 2.33. The number of carboxylic acids is 2. The zero-order valence-electron chi connectivity index (χ0n) is 9.35. The Morgan fingerprint density at radius 1 is 0.941 bits per heavy atom. The van der Waals surface area contributed by atoms with E-state index in [2.05, 4.69) is 0 Å². The lowest BCUT2D eigenvalue weighted by molar-refractivity contribution is -0.137. The molecule has 5 nitrogen and oxygen atoms in total. The number of hydrogen-bond acceptors (Lipinski definition) is 3. The molecule has 0 aromatic heterocycles. The van der Waals surface area contributed by atoms with E-state index in [4.69, 9.17) is 15.9 Å². The van der Waals surface area contributed by atoms with E-state index in [0.29, 0.717) is 18.5 Å². The van der Waals surface area contributed by atoms with Gasteiger partial charge in [-0.3, -0.25) is 9.59 Å². The van der Waals surface area contributed by atoms with Gasteiger partial charge in [0, 0.05) is 18.5 Å². The van der Waals surface area contributed by atoms with Gasteiger partial charge in [0.15, 0.2) is 0 Å². The molecule has 0 saturated carbocycles. The quantitative estimate of drug-likeness (QED) is 0.647. The standard InChI is InChI=1S/C12H15NO4/c13-10-6-8(1-3-11(14)15)5-9(7-10)2-4-12(16)17/h5-7H,1-4,13H2,(H,14,15)(H,16,17). The molecule has 0 radical (unpaired) electrons. The number of rotatable bonds is 6. The lowest BCUT2D eigenvalue weighted by Gasteiger charge is -2.05. The molecule has 0 saturated heterocycles. The van der Waals surface area contributed by atoms with E-state index in [1.165, 1.54) is 0 Å². The van der Waals surface area contributed by atoms with Crippen LogP contribution in [-0.2, 0) is 22.4 Å². The maximum absolute atomic E-state index is 10.4. The minimum Gasteiger partial charge on any atom is -0.481 e. The van der Waals surface area contributed by atoms with Crippen molar-refractivity contribution in [2.45, 2.75) is 25.7 Å². The zero-order valence-corrected chi connectivity index (χ0v) is 9.35. The van der Waals surface area contributed by atoms with Gasteiger partial charge in [0.05, 0.1) is 0 Å². The number of hydrogen-bond donors (Lipinski definition) is 3. The number of benzene rings is 1. The molecule has 0 heterocycles. The molecule has 0 aliphatic carbocycles. The number of nitrogens with two attached hydrogens (primary N) is 1. The Hall–Kier alpha value is -2.04. The highest BCUT2D eigenvalue weighted by molar-refractivity contribution is 5.68. The smallest absolute Gasteiger partial charge is 0.303 e. The van der Waals surface area contributed by atoms with Gasteiger partial charge in [-0.05, 0) is 36.1 Å². The van der Waals surface area contributed by atoms with Crippen molar-refractivity contribution in [3.05, 3.63) is 29.3 Å². The van der Waals surface area contributed by atoms with Crippen molar-refractivity contribution in [1.29, 1.82) is 0 Å². The molecule has 0 unspecified atom stereocenters. The first kappa shape index (κ1) is 13.0. The highest BCUT2D eigenvalue weighted by Crippen LogP contribution is 2.15. The largest absolute Gasteiger partial charge is 0.481 e. The van der Waals surface area contributed by atoms with E-state index in [1.807, 2.05) is 6.07 Å². The number of aryl methyl sites for hydroxylation is 2. The minimum atomic E-state index is -0.862. The molecule has 1 rings (SSSR count). The number of anilines is 1. The van der Waals surface area contributed by atoms with Crippen LogP contribution in [0.5, 0.6) is 0 Å². The van der Waals surface area contributed by atoms with Crippen LogP contribution in [0.1, 0.15) is 24.0 Å². The molecule has 4 N–H and O–H groups in total. The van der Waals surface area contributed by atoms with Gasteiger partial charge < -0.3 is 15.9 Å². The Bertz CT molecular complexity index is 392. The van der Waals surface area contributed by atoms with Crippen molar-refractivity contribution in [3.63, 3.8) is 0 Å². The van der Waals surface area contributed by atoms with Crippen molar-refractivity contribution in [3.8, 4) is 0 Å². The highest BCUT2D eigenvalue weighted by atomic mass is 16.4. The Balaban J connectivity index is 2.71. The van der Waals surface area contributed by atoms with Crippen LogP contribution >= 0.6 is 0 Å². The summed E-state index contributed by atoms with van der Waals surface area (Å²) in [6.07, 6.45) is 0.893. The molecule has 0 spiro atoms. The van der Waals surface area contributed by atoms with Crippen LogP contribution in [0.2, 0.25) is 0 Å². The van der Waals surface area contributed by atoms with Crippen LogP contribution in [0.4, 0.5) is 5.69 Å². The summed E-state index contributed by atoms with van der Waals surface area (Å²) in [5.74, 6) is -1.72. The second-order valence-electron chi connectivity index (χ2n) is 3.87. The second kappa shape index (κ2) is 5.89. The number of carbonyl (C=O) groups is 2. The molecule has 0 aliphatic heterocycles. The molecule has 0 aliphatic rings. The fourth-order valence-electron chi connectivity index (χ4n) is 1.58. The molecular weight excluding hydrogens is 222 g/mol. The SMILES string of the molecule is Nc1cc(CCC(=O)O)cc(CCC(=O)O)c1. The molecule has 0 bridgehead atoms. The van der Waals surface area contributed by atoms with E-state index < -0.39 is 11.9 Å². The van der Waals surface area contributed by atoms with Crippen LogP contribution in [0.15, 0.2) is 18.2 Å². The Morgan fingerprint density at radius 2 is 1.35 bits per heavy atom. The molecule has 92 valence electrons. The van der Waals surface area contributed by atoms with E-state index in [1.54, 1.807) is 12.1 Å². The molecule has 1 aromatic rings. The summed E-state index contributed by atoms with van der Waals surface area (Å²) in [6.45, 7) is 0. The average Bonchev–Trinajstić information content (AvgIpc) is 2.23. The highest BCUT2D eigenvalue weighted by Gasteiger charge is 2.04. The first-order chi connectivity index (χ1) is 7.97. The molecule has 0 atom stereocenters. The predicted molar refractivity (Wildman–Crippen MR) is 62.8 cm³/mol. The van der Waals surface area contributed by atoms with E-state index in [9.17, 15) is 9.59 Å². The maximum atomic E-state index is 10.4. The lowest BCUT2D eigenvalue weighted by Crippen LogP contribution is -2.01. The van der Waals surface area contributed by atoms with Gasteiger partial charge in [-0.1, -0.05) is 6.07 Å². The topological polar surface area (TPSA) is 101 Å². The van der Waals surface area contributed by atoms with Crippen LogP contribution in [-0.4, -0.2) is 22.2 Å². The summed E-state index contributed by atoms with van der Waals surface area (Å²) in [5, 5.41) is 17.2. The number of nitrogen functional groups attached to an aromatic ring is 1. The number of carboxylic acid groups (broad SMARTS) is 2. The summed E-state index contributed by atoms with van der Waals surface area (Å²) in [5.41, 5.74) is 7.87. The fourth-order valence-corrected chi connectivity index (χ4v) is 1.58. The number of aliphatic carboxylic acids is 2. The third kappa shape index (κ3) is 5.01. The van der Waals surface area contributed by atoms with Crippen LogP contribution in [0, 0.1) is 0 Å². The average molecular weight is 237 g/mol. The Kier molecular flexibility index (Phi) is 4.51. The van der Waals surface area contributed by atoms with Crippen LogP contribution in [0.3, 0.4) is 0 Å². The summed E-state index contributed by atoms with van der Waals surface area (Å²) >= 11 is 0. The third-order valence-electron chi connectivity index (χ3n) is 2.33. The van der Waals surface area contributed by atoms with Gasteiger partial charge in [-0.2, -0.15) is 0 Å². The van der Waals surface area contributed by atoms with Gasteiger partial charge in [-0.25, -0.2) is 0 Å². The molecule has 17 heavy (non-hydrogen) atoms. The van der Waals surface area contributed by atoms with Gasteiger partial charge >= 0.3 is 11.9 Å². The van der Waals surface area contributed by atoms with Gasteiger partial charge in [0.1, 0.15) is 0 Å². The Morgan fingerprint density at radius 3 is 1.71 bits per heavy atom. The van der Waals surface area contributed by atoms with Crippen molar-refractivity contribution in [2.24, 2.45) is 0 Å². The van der Waals surface area contributed by atoms with Crippen molar-refractivity contribution < 1.29 is 19.8 Å². The summed E-state index contributed by atoms with van der Waals surface area (Å²) in [6, 6.07) is 5.24. The molecular formula is C12H15NO4. The van der Waals surface area contributed by atoms with Crippen LogP contribution in [0.25, 0.3) is 0 Å². The fraction of sp³-hybridized carbons (Fsp3) is 0.333. The molecule has 5 heteroatoms. The zero-order chi connectivity index (χ0) is 12.8. The van der Waals surface area contributed by atoms with Crippen molar-refractivity contribution in [1.82, 2.24) is 0 Å².